The van der Waals surface area contributed by atoms with E-state index in [0.717, 1.165) is 0 Å². The summed E-state index contributed by atoms with van der Waals surface area (Å²) in [5.74, 6) is 0. The summed E-state index contributed by atoms with van der Waals surface area (Å²) in [5, 5.41) is 2.20. The lowest BCUT2D eigenvalue weighted by Gasteiger charge is -2.01. The Morgan fingerprint density at radius 2 is 2.29 bits per heavy atom. The maximum absolute atomic E-state index is 9.22. The largest absolute Gasteiger partial charge is 0.331 e. The monoisotopic (exact) mass is 122 g/mol. The standard InChI is InChI=1S/C2H7N2O2P/c1-4(2)7-6-3-5/h7H,1-2H3. The Hall–Kier alpha value is -0.210. The first-order valence-electron chi connectivity index (χ1n) is 1.69. The van der Waals surface area contributed by atoms with Gasteiger partial charge in [0.25, 0.3) is 0 Å². The van der Waals surface area contributed by atoms with Gasteiger partial charge in [0.1, 0.15) is 0 Å². The number of hydrogen-bond donors (Lipinski definition) is 0. The molecule has 42 valence electrons. The van der Waals surface area contributed by atoms with Gasteiger partial charge in [0.2, 0.25) is 0 Å². The second-order valence-corrected chi connectivity index (χ2v) is 2.41. The van der Waals surface area contributed by atoms with Gasteiger partial charge in [-0.15, -0.1) is 4.91 Å². The summed E-state index contributed by atoms with van der Waals surface area (Å²) in [6.45, 7) is 0. The van der Waals surface area contributed by atoms with Crippen LogP contribution in [0.1, 0.15) is 0 Å². The molecule has 0 rings (SSSR count). The van der Waals surface area contributed by atoms with E-state index in [1.807, 2.05) is 0 Å². The minimum absolute atomic E-state index is 0.0428. The van der Waals surface area contributed by atoms with Crippen molar-refractivity contribution in [1.82, 2.24) is 4.67 Å². The molecule has 0 saturated carbocycles. The van der Waals surface area contributed by atoms with Crippen LogP contribution in [-0.4, -0.2) is 18.8 Å². The molecule has 0 amide bonds. The molecule has 1 unspecified atom stereocenters. The van der Waals surface area contributed by atoms with E-state index in [-0.39, 0.29) is 8.96 Å². The van der Waals surface area contributed by atoms with Crippen molar-refractivity contribution in [2.45, 2.75) is 0 Å². The minimum Gasteiger partial charge on any atom is -0.331 e. The highest BCUT2D eigenvalue weighted by Crippen LogP contribution is 2.12. The highest BCUT2D eigenvalue weighted by atomic mass is 31.1. The van der Waals surface area contributed by atoms with Crippen LogP contribution in [0.15, 0.2) is 5.34 Å². The van der Waals surface area contributed by atoms with Crippen LogP contribution in [0.3, 0.4) is 0 Å². The number of rotatable bonds is 3. The average Bonchev–Trinajstić information content (AvgIpc) is 1.61. The molecular formula is C2H7N2O2P. The molecule has 0 fully saturated rings. The molecule has 0 bridgehead atoms. The summed E-state index contributed by atoms with van der Waals surface area (Å²) in [5.41, 5.74) is 0. The lowest BCUT2D eigenvalue weighted by molar-refractivity contribution is 0.360. The first-order valence-corrected chi connectivity index (χ1v) is 2.54. The van der Waals surface area contributed by atoms with Gasteiger partial charge in [0, 0.05) is 0 Å². The summed E-state index contributed by atoms with van der Waals surface area (Å²) < 4.78 is 5.84. The molecule has 7 heavy (non-hydrogen) atoms. The van der Waals surface area contributed by atoms with E-state index in [2.05, 4.69) is 9.96 Å². The summed E-state index contributed by atoms with van der Waals surface area (Å²) in [6, 6.07) is 0. The highest BCUT2D eigenvalue weighted by molar-refractivity contribution is 7.29. The molecule has 1 atom stereocenters. The van der Waals surface area contributed by atoms with Crippen molar-refractivity contribution in [2.75, 3.05) is 14.1 Å². The van der Waals surface area contributed by atoms with Crippen LogP contribution < -0.4 is 0 Å². The lowest BCUT2D eigenvalue weighted by atomic mass is 11.3. The molecule has 0 spiro atoms. The molecule has 0 aromatic heterocycles. The second kappa shape index (κ2) is 3.96. The number of hydrogen-bond acceptors (Lipinski definition) is 4. The normalized spacial score (nSPS) is 10.7. The molecule has 5 heteroatoms. The molecule has 0 aromatic carbocycles. The van der Waals surface area contributed by atoms with E-state index in [1.165, 1.54) is 0 Å². The maximum Gasteiger partial charge on any atom is 0.186 e. The van der Waals surface area contributed by atoms with Gasteiger partial charge in [-0.05, 0) is 14.1 Å². The van der Waals surface area contributed by atoms with Gasteiger partial charge in [0.05, 0.1) is 0 Å². The Morgan fingerprint density at radius 3 is 2.43 bits per heavy atom. The summed E-state index contributed by atoms with van der Waals surface area (Å²) in [6.07, 6.45) is 0. The first-order chi connectivity index (χ1) is 3.27. The molecule has 0 heterocycles. The third kappa shape index (κ3) is 5.79. The zero-order valence-corrected chi connectivity index (χ0v) is 5.21. The van der Waals surface area contributed by atoms with Gasteiger partial charge in [-0.3, -0.25) is 4.67 Å². The van der Waals surface area contributed by atoms with Gasteiger partial charge in [-0.1, -0.05) is 0 Å². The van der Waals surface area contributed by atoms with E-state index in [9.17, 15) is 4.91 Å². The van der Waals surface area contributed by atoms with Crippen LogP contribution >= 0.6 is 8.96 Å². The maximum atomic E-state index is 9.22. The quantitative estimate of drug-likeness (QED) is 0.315. The van der Waals surface area contributed by atoms with E-state index in [1.54, 1.807) is 18.8 Å². The Balaban J connectivity index is 2.81. The van der Waals surface area contributed by atoms with Crippen LogP contribution in [-0.2, 0) is 4.62 Å². The van der Waals surface area contributed by atoms with Crippen LogP contribution in [0, 0.1) is 4.91 Å². The Bertz CT molecular complexity index is 57.7. The first kappa shape index (κ1) is 6.79. The Kier molecular flexibility index (Phi) is 3.84. The van der Waals surface area contributed by atoms with Crippen molar-refractivity contribution in [2.24, 2.45) is 5.34 Å². The molecule has 0 aliphatic rings. The fourth-order valence-electron chi connectivity index (χ4n) is 0.0983. The zero-order valence-electron chi connectivity index (χ0n) is 4.21. The van der Waals surface area contributed by atoms with Crippen molar-refractivity contribution >= 4 is 8.96 Å². The molecule has 0 aliphatic carbocycles. The van der Waals surface area contributed by atoms with Gasteiger partial charge in [0.15, 0.2) is 14.3 Å². The van der Waals surface area contributed by atoms with Crippen LogP contribution in [0.4, 0.5) is 0 Å². The molecule has 0 N–H and O–H groups in total. The lowest BCUT2D eigenvalue weighted by Crippen LogP contribution is -1.95. The van der Waals surface area contributed by atoms with Crippen molar-refractivity contribution in [3.05, 3.63) is 4.91 Å². The summed E-state index contributed by atoms with van der Waals surface area (Å²) in [7, 11) is 3.63. The van der Waals surface area contributed by atoms with Crippen molar-refractivity contribution in [3.8, 4) is 0 Å². The Labute approximate surface area is 43.7 Å². The van der Waals surface area contributed by atoms with Gasteiger partial charge in [-0.25, -0.2) is 0 Å². The SMILES string of the molecule is CN(C)PON=O. The van der Waals surface area contributed by atoms with Gasteiger partial charge >= 0.3 is 0 Å². The molecule has 0 radical (unpaired) electrons. The van der Waals surface area contributed by atoms with E-state index >= 15 is 0 Å². The van der Waals surface area contributed by atoms with Crippen LogP contribution in [0.5, 0.6) is 0 Å². The molecule has 0 aliphatic heterocycles. The fraction of sp³-hybridized carbons (Fsp3) is 1.00. The highest BCUT2D eigenvalue weighted by Gasteiger charge is 1.85. The van der Waals surface area contributed by atoms with E-state index < -0.39 is 0 Å². The Morgan fingerprint density at radius 1 is 1.71 bits per heavy atom. The fourth-order valence-corrected chi connectivity index (χ4v) is 0.295. The molecule has 0 saturated heterocycles. The molecule has 4 nitrogen and oxygen atoms in total. The van der Waals surface area contributed by atoms with E-state index in [4.69, 9.17) is 0 Å². The van der Waals surface area contributed by atoms with Crippen molar-refractivity contribution in [3.63, 3.8) is 0 Å². The predicted octanol–water partition coefficient (Wildman–Crippen LogP) is 0.754. The average molecular weight is 122 g/mol. The van der Waals surface area contributed by atoms with Gasteiger partial charge < -0.3 is 4.62 Å². The van der Waals surface area contributed by atoms with Crippen LogP contribution in [0.2, 0.25) is 0 Å². The van der Waals surface area contributed by atoms with Gasteiger partial charge in [-0.2, -0.15) is 0 Å². The van der Waals surface area contributed by atoms with Crippen molar-refractivity contribution in [1.29, 1.82) is 0 Å². The summed E-state index contributed by atoms with van der Waals surface area (Å²) in [4.78, 5) is 9.22. The summed E-state index contributed by atoms with van der Waals surface area (Å²) >= 11 is 0. The second-order valence-electron chi connectivity index (χ2n) is 1.15. The smallest absolute Gasteiger partial charge is 0.186 e. The van der Waals surface area contributed by atoms with Crippen molar-refractivity contribution < 1.29 is 4.62 Å². The predicted molar refractivity (Wildman–Crippen MR) is 28.9 cm³/mol. The van der Waals surface area contributed by atoms with Crippen LogP contribution in [0.25, 0.3) is 0 Å². The topological polar surface area (TPSA) is 41.9 Å². The number of nitrogens with zero attached hydrogens (tertiary/aromatic N) is 2. The molecular weight excluding hydrogens is 115 g/mol. The minimum atomic E-state index is 0.0428. The zero-order chi connectivity index (χ0) is 5.70. The van der Waals surface area contributed by atoms with E-state index in [0.29, 0.717) is 0 Å². The third-order valence-electron chi connectivity index (χ3n) is 0.261. The molecule has 0 aromatic rings. The third-order valence-corrected chi connectivity index (χ3v) is 0.782.